The number of pyridine rings is 2. The maximum atomic E-state index is 12.0. The fourth-order valence-corrected chi connectivity index (χ4v) is 2.63. The van der Waals surface area contributed by atoms with Gasteiger partial charge in [-0.1, -0.05) is 6.07 Å². The molecule has 0 saturated heterocycles. The molecule has 0 aliphatic heterocycles. The van der Waals surface area contributed by atoms with E-state index in [0.29, 0.717) is 18.0 Å². The summed E-state index contributed by atoms with van der Waals surface area (Å²) in [5.74, 6) is 1.25. The first kappa shape index (κ1) is 12.7. The van der Waals surface area contributed by atoms with E-state index >= 15 is 0 Å². The molecule has 102 valence electrons. The van der Waals surface area contributed by atoms with Crippen molar-refractivity contribution in [3.8, 4) is 0 Å². The van der Waals surface area contributed by atoms with Crippen LogP contribution in [-0.4, -0.2) is 24.9 Å². The van der Waals surface area contributed by atoms with Gasteiger partial charge in [0.15, 0.2) is 5.65 Å². The van der Waals surface area contributed by atoms with Crippen LogP contribution < -0.4 is 11.4 Å². The Labute approximate surface area is 119 Å². The van der Waals surface area contributed by atoms with E-state index in [0.717, 1.165) is 10.6 Å². The minimum Gasteiger partial charge on any atom is -0.384 e. The number of anilines is 1. The Kier molecular flexibility index (Phi) is 3.42. The van der Waals surface area contributed by atoms with Crippen molar-refractivity contribution in [2.75, 3.05) is 11.5 Å². The summed E-state index contributed by atoms with van der Waals surface area (Å²) in [5.41, 5.74) is 6.08. The second-order valence-corrected chi connectivity index (χ2v) is 5.37. The molecule has 0 fully saturated rings. The molecule has 0 amide bonds. The van der Waals surface area contributed by atoms with Gasteiger partial charge in [0.2, 0.25) is 0 Å². The highest BCUT2D eigenvalue weighted by Crippen LogP contribution is 2.17. The van der Waals surface area contributed by atoms with Gasteiger partial charge in [-0.25, -0.2) is 14.5 Å². The zero-order valence-corrected chi connectivity index (χ0v) is 11.5. The van der Waals surface area contributed by atoms with Crippen LogP contribution >= 0.6 is 11.8 Å². The summed E-state index contributed by atoms with van der Waals surface area (Å²) in [5, 5.41) is 4.28. The van der Waals surface area contributed by atoms with Gasteiger partial charge in [0, 0.05) is 23.0 Å². The summed E-state index contributed by atoms with van der Waals surface area (Å²) >= 11 is 1.62. The van der Waals surface area contributed by atoms with E-state index < -0.39 is 0 Å². The predicted molar refractivity (Wildman–Crippen MR) is 78.8 cm³/mol. The molecule has 7 heteroatoms. The van der Waals surface area contributed by atoms with E-state index in [4.69, 9.17) is 5.73 Å². The Morgan fingerprint density at radius 2 is 2.15 bits per heavy atom. The van der Waals surface area contributed by atoms with Gasteiger partial charge in [-0.05, 0) is 24.3 Å². The molecule has 0 aliphatic rings. The minimum atomic E-state index is -0.114. The number of hydrogen-bond donors (Lipinski definition) is 1. The number of fused-ring (bicyclic) bond motifs is 1. The molecular formula is C13H13N5OS. The molecule has 3 aromatic heterocycles. The van der Waals surface area contributed by atoms with Crippen LogP contribution in [0.25, 0.3) is 5.65 Å². The molecule has 0 saturated carbocycles. The lowest BCUT2D eigenvalue weighted by atomic mass is 10.5. The van der Waals surface area contributed by atoms with E-state index in [1.807, 2.05) is 24.3 Å². The van der Waals surface area contributed by atoms with Gasteiger partial charge in [0.1, 0.15) is 5.82 Å². The van der Waals surface area contributed by atoms with Crippen molar-refractivity contribution in [2.45, 2.75) is 11.4 Å². The number of aromatic nitrogens is 4. The highest BCUT2D eigenvalue weighted by molar-refractivity contribution is 7.99. The third-order valence-electron chi connectivity index (χ3n) is 2.82. The summed E-state index contributed by atoms with van der Waals surface area (Å²) in [6.07, 6.45) is 3.45. The smallest absolute Gasteiger partial charge is 0.350 e. The maximum absolute atomic E-state index is 12.0. The Bertz CT molecular complexity index is 777. The van der Waals surface area contributed by atoms with Gasteiger partial charge >= 0.3 is 5.69 Å². The van der Waals surface area contributed by atoms with Crippen LogP contribution in [0.4, 0.5) is 5.82 Å². The van der Waals surface area contributed by atoms with Crippen molar-refractivity contribution in [3.63, 3.8) is 0 Å². The maximum Gasteiger partial charge on any atom is 0.350 e. The monoisotopic (exact) mass is 287 g/mol. The van der Waals surface area contributed by atoms with Crippen LogP contribution in [0.3, 0.4) is 0 Å². The largest absolute Gasteiger partial charge is 0.384 e. The highest BCUT2D eigenvalue weighted by atomic mass is 32.2. The molecular weight excluding hydrogens is 274 g/mol. The van der Waals surface area contributed by atoms with Crippen LogP contribution in [0.1, 0.15) is 0 Å². The van der Waals surface area contributed by atoms with Gasteiger partial charge in [-0.3, -0.25) is 4.40 Å². The molecule has 0 unspecified atom stereocenters. The van der Waals surface area contributed by atoms with E-state index in [1.54, 1.807) is 30.2 Å². The third-order valence-corrected chi connectivity index (χ3v) is 3.78. The first-order valence-corrected chi connectivity index (χ1v) is 7.11. The molecule has 0 aliphatic carbocycles. The molecule has 3 heterocycles. The van der Waals surface area contributed by atoms with E-state index in [9.17, 15) is 4.79 Å². The molecule has 0 radical (unpaired) electrons. The summed E-state index contributed by atoms with van der Waals surface area (Å²) in [4.78, 5) is 17.1. The fourth-order valence-electron chi connectivity index (χ4n) is 1.84. The second-order valence-electron chi connectivity index (χ2n) is 4.20. The Balaban J connectivity index is 1.69. The third kappa shape index (κ3) is 2.53. The molecule has 6 nitrogen and oxygen atoms in total. The quantitative estimate of drug-likeness (QED) is 0.731. The Morgan fingerprint density at radius 1 is 1.25 bits per heavy atom. The van der Waals surface area contributed by atoms with Crippen LogP contribution in [0, 0.1) is 0 Å². The van der Waals surface area contributed by atoms with Gasteiger partial charge in [0.05, 0.1) is 6.54 Å². The molecule has 0 spiro atoms. The summed E-state index contributed by atoms with van der Waals surface area (Å²) in [7, 11) is 0. The van der Waals surface area contributed by atoms with Crippen LogP contribution in [0.2, 0.25) is 0 Å². The lowest BCUT2D eigenvalue weighted by Gasteiger charge is -2.01. The zero-order chi connectivity index (χ0) is 13.9. The molecule has 3 rings (SSSR count). The summed E-state index contributed by atoms with van der Waals surface area (Å²) < 4.78 is 3.02. The lowest BCUT2D eigenvalue weighted by molar-refractivity contribution is 0.639. The van der Waals surface area contributed by atoms with Crippen molar-refractivity contribution >= 4 is 23.2 Å². The van der Waals surface area contributed by atoms with Crippen molar-refractivity contribution in [1.82, 2.24) is 19.2 Å². The number of rotatable bonds is 4. The topological polar surface area (TPSA) is 78.2 Å². The number of thioether (sulfide) groups is 1. The summed E-state index contributed by atoms with van der Waals surface area (Å²) in [6.45, 7) is 0.551. The number of aryl methyl sites for hydroxylation is 1. The Hall–Kier alpha value is -2.28. The van der Waals surface area contributed by atoms with Crippen LogP contribution in [0.15, 0.2) is 52.4 Å². The SMILES string of the molecule is Nc1ccc(SCCn2nc3ccccn3c2=O)cn1. The number of hydrogen-bond acceptors (Lipinski definition) is 5. The molecule has 0 bridgehead atoms. The Morgan fingerprint density at radius 3 is 2.90 bits per heavy atom. The van der Waals surface area contributed by atoms with E-state index in [2.05, 4.69) is 10.1 Å². The van der Waals surface area contributed by atoms with Gasteiger partial charge in [-0.15, -0.1) is 16.9 Å². The zero-order valence-electron chi connectivity index (χ0n) is 10.6. The first-order chi connectivity index (χ1) is 9.74. The number of nitrogens with two attached hydrogens (primary N) is 1. The normalized spacial score (nSPS) is 11.0. The second kappa shape index (κ2) is 5.38. The molecule has 0 atom stereocenters. The molecule has 20 heavy (non-hydrogen) atoms. The number of nitrogens with zero attached hydrogens (tertiary/aromatic N) is 4. The fraction of sp³-hybridized carbons (Fsp3) is 0.154. The standard InChI is InChI=1S/C13H13N5OS/c14-11-5-4-10(9-15-11)20-8-7-18-13(19)17-6-2-1-3-12(17)16-18/h1-6,9H,7-8H2,(H2,14,15). The van der Waals surface area contributed by atoms with E-state index in [1.165, 1.54) is 9.08 Å². The van der Waals surface area contributed by atoms with Gasteiger partial charge in [0.25, 0.3) is 0 Å². The summed E-state index contributed by atoms with van der Waals surface area (Å²) in [6, 6.07) is 9.17. The van der Waals surface area contributed by atoms with Crippen LogP contribution in [0.5, 0.6) is 0 Å². The lowest BCUT2D eigenvalue weighted by Crippen LogP contribution is -2.21. The van der Waals surface area contributed by atoms with Crippen molar-refractivity contribution in [2.24, 2.45) is 0 Å². The van der Waals surface area contributed by atoms with Crippen molar-refractivity contribution in [3.05, 3.63) is 53.2 Å². The van der Waals surface area contributed by atoms with Gasteiger partial charge < -0.3 is 5.73 Å². The van der Waals surface area contributed by atoms with Crippen molar-refractivity contribution < 1.29 is 0 Å². The average molecular weight is 287 g/mol. The minimum absolute atomic E-state index is 0.114. The van der Waals surface area contributed by atoms with Crippen LogP contribution in [-0.2, 0) is 6.54 Å². The first-order valence-electron chi connectivity index (χ1n) is 6.12. The molecule has 3 aromatic rings. The number of nitrogen functional groups attached to an aromatic ring is 1. The van der Waals surface area contributed by atoms with Gasteiger partial charge in [-0.2, -0.15) is 0 Å². The average Bonchev–Trinajstić information content (AvgIpc) is 2.78. The van der Waals surface area contributed by atoms with E-state index in [-0.39, 0.29) is 5.69 Å². The molecule has 2 N–H and O–H groups in total. The molecule has 0 aromatic carbocycles. The predicted octanol–water partition coefficient (Wildman–Crippen LogP) is 1.27. The van der Waals surface area contributed by atoms with Crippen molar-refractivity contribution in [1.29, 1.82) is 0 Å². The highest BCUT2D eigenvalue weighted by Gasteiger charge is 2.05.